The van der Waals surface area contributed by atoms with Crippen molar-refractivity contribution in [2.45, 2.75) is 13.5 Å². The number of rotatable bonds is 7. The van der Waals surface area contributed by atoms with Gasteiger partial charge in [0.1, 0.15) is 0 Å². The van der Waals surface area contributed by atoms with Crippen LogP contribution in [0.25, 0.3) is 6.08 Å². The molecule has 0 bridgehead atoms. The van der Waals surface area contributed by atoms with Crippen LogP contribution in [0.15, 0.2) is 70.0 Å². The Balaban J connectivity index is 1.57. The third-order valence-electron chi connectivity index (χ3n) is 5.03. The Hall–Kier alpha value is -2.78. The van der Waals surface area contributed by atoms with Gasteiger partial charge in [-0.3, -0.25) is 14.5 Å². The minimum Gasteiger partial charge on any atom is -0.490 e. The summed E-state index contributed by atoms with van der Waals surface area (Å²) in [6, 6.07) is 16.8. The van der Waals surface area contributed by atoms with Gasteiger partial charge in [-0.25, -0.2) is 4.79 Å². The summed E-state index contributed by atoms with van der Waals surface area (Å²) in [7, 11) is 0. The summed E-state index contributed by atoms with van der Waals surface area (Å²) in [5.74, 6) is -0.747. The van der Waals surface area contributed by atoms with E-state index < -0.39 is 11.9 Å². The lowest BCUT2D eigenvalue weighted by molar-refractivity contribution is -0.123. The summed E-state index contributed by atoms with van der Waals surface area (Å²) in [5.41, 5.74) is 1.64. The SMILES string of the molecule is CCOc1cc(/C=C2\SC(=O)N(Cc3ccc(Br)cc3)C2=O)cc(Cl)c1OC(=O)c1ccc(Cl)cc1. The van der Waals surface area contributed by atoms with E-state index in [-0.39, 0.29) is 39.8 Å². The Morgan fingerprint density at radius 2 is 1.75 bits per heavy atom. The number of nitrogens with zero attached hydrogens (tertiary/aromatic N) is 1. The van der Waals surface area contributed by atoms with Crippen molar-refractivity contribution in [3.63, 3.8) is 0 Å². The predicted octanol–water partition coefficient (Wildman–Crippen LogP) is 7.61. The van der Waals surface area contributed by atoms with Gasteiger partial charge in [0.2, 0.25) is 0 Å². The Morgan fingerprint density at radius 3 is 2.42 bits per heavy atom. The van der Waals surface area contributed by atoms with Gasteiger partial charge in [-0.1, -0.05) is 51.3 Å². The van der Waals surface area contributed by atoms with E-state index in [0.717, 1.165) is 21.8 Å². The van der Waals surface area contributed by atoms with Gasteiger partial charge < -0.3 is 9.47 Å². The van der Waals surface area contributed by atoms with Gasteiger partial charge in [0.15, 0.2) is 11.5 Å². The number of hydrogen-bond acceptors (Lipinski definition) is 6. The number of esters is 1. The maximum absolute atomic E-state index is 12.9. The van der Waals surface area contributed by atoms with E-state index in [1.165, 1.54) is 23.1 Å². The van der Waals surface area contributed by atoms with Gasteiger partial charge in [0.25, 0.3) is 11.1 Å². The van der Waals surface area contributed by atoms with Gasteiger partial charge in [-0.05, 0) is 84.4 Å². The molecule has 10 heteroatoms. The first-order chi connectivity index (χ1) is 17.2. The number of carbonyl (C=O) groups is 3. The predicted molar refractivity (Wildman–Crippen MR) is 145 cm³/mol. The fourth-order valence-corrected chi connectivity index (χ4v) is 4.82. The largest absolute Gasteiger partial charge is 0.490 e. The summed E-state index contributed by atoms with van der Waals surface area (Å²) in [6.07, 6.45) is 1.56. The summed E-state index contributed by atoms with van der Waals surface area (Å²) < 4.78 is 12.1. The number of imide groups is 1. The molecule has 0 spiro atoms. The van der Waals surface area contributed by atoms with Crippen molar-refractivity contribution in [3.8, 4) is 11.5 Å². The molecule has 0 aliphatic carbocycles. The second-order valence-electron chi connectivity index (χ2n) is 7.55. The van der Waals surface area contributed by atoms with Gasteiger partial charge in [-0.2, -0.15) is 0 Å². The minimum atomic E-state index is -0.628. The minimum absolute atomic E-state index is 0.0546. The van der Waals surface area contributed by atoms with Crippen molar-refractivity contribution < 1.29 is 23.9 Å². The van der Waals surface area contributed by atoms with Gasteiger partial charge in [0.05, 0.1) is 28.6 Å². The van der Waals surface area contributed by atoms with Crippen LogP contribution in [0.1, 0.15) is 28.4 Å². The topological polar surface area (TPSA) is 72.9 Å². The highest BCUT2D eigenvalue weighted by molar-refractivity contribution is 9.10. The maximum atomic E-state index is 12.9. The van der Waals surface area contributed by atoms with E-state index in [0.29, 0.717) is 16.1 Å². The average Bonchev–Trinajstić information content (AvgIpc) is 3.10. The second-order valence-corrected chi connectivity index (χ2v) is 10.3. The quantitative estimate of drug-likeness (QED) is 0.157. The molecule has 0 unspecified atom stereocenters. The van der Waals surface area contributed by atoms with E-state index in [1.54, 1.807) is 31.2 Å². The Labute approximate surface area is 230 Å². The molecule has 184 valence electrons. The molecule has 1 fully saturated rings. The molecular weight excluding hydrogens is 589 g/mol. The molecule has 36 heavy (non-hydrogen) atoms. The Kier molecular flexibility index (Phi) is 8.41. The molecule has 0 radical (unpaired) electrons. The highest BCUT2D eigenvalue weighted by atomic mass is 79.9. The third-order valence-corrected chi connectivity index (χ3v) is 7.00. The average molecular weight is 607 g/mol. The monoisotopic (exact) mass is 605 g/mol. The van der Waals surface area contributed by atoms with Crippen LogP contribution in [0.4, 0.5) is 4.79 Å². The molecule has 1 heterocycles. The van der Waals surface area contributed by atoms with Crippen LogP contribution in [-0.4, -0.2) is 28.6 Å². The first-order valence-corrected chi connectivity index (χ1v) is 13.1. The van der Waals surface area contributed by atoms with E-state index in [4.69, 9.17) is 32.7 Å². The molecule has 3 aromatic carbocycles. The van der Waals surface area contributed by atoms with Gasteiger partial charge >= 0.3 is 5.97 Å². The van der Waals surface area contributed by atoms with Crippen molar-refractivity contribution in [3.05, 3.63) is 96.8 Å². The van der Waals surface area contributed by atoms with E-state index in [1.807, 2.05) is 24.3 Å². The molecule has 1 aliphatic rings. The molecule has 0 N–H and O–H groups in total. The number of halogens is 3. The molecule has 1 saturated heterocycles. The van der Waals surface area contributed by atoms with Crippen molar-refractivity contribution in [1.29, 1.82) is 0 Å². The van der Waals surface area contributed by atoms with Crippen LogP contribution in [0, 0.1) is 0 Å². The number of thioether (sulfide) groups is 1. The van der Waals surface area contributed by atoms with E-state index in [2.05, 4.69) is 15.9 Å². The standard InChI is InChI=1S/C26H18BrCl2NO5S/c1-2-34-21-12-16(11-20(29)23(21)35-25(32)17-5-9-19(28)10-6-17)13-22-24(31)30(26(33)36-22)14-15-3-7-18(27)8-4-15/h3-13H,2,14H2,1H3/b22-13-. The first kappa shape index (κ1) is 26.3. The Morgan fingerprint density at radius 1 is 1.06 bits per heavy atom. The summed E-state index contributed by atoms with van der Waals surface area (Å²) in [5, 5.41) is 0.243. The van der Waals surface area contributed by atoms with Crippen LogP contribution < -0.4 is 9.47 Å². The summed E-state index contributed by atoms with van der Waals surface area (Å²) >= 11 is 16.5. The lowest BCUT2D eigenvalue weighted by Crippen LogP contribution is -2.27. The summed E-state index contributed by atoms with van der Waals surface area (Å²) in [6.45, 7) is 2.23. The maximum Gasteiger partial charge on any atom is 0.343 e. The molecule has 4 rings (SSSR count). The number of amides is 2. The van der Waals surface area contributed by atoms with Crippen LogP contribution in [0.3, 0.4) is 0 Å². The molecule has 0 aromatic heterocycles. The molecule has 0 atom stereocenters. The number of carbonyl (C=O) groups excluding carboxylic acids is 3. The zero-order chi connectivity index (χ0) is 25.8. The van der Waals surface area contributed by atoms with Crippen molar-refractivity contribution in [1.82, 2.24) is 4.90 Å². The van der Waals surface area contributed by atoms with Crippen LogP contribution in [0.2, 0.25) is 10.0 Å². The van der Waals surface area contributed by atoms with E-state index in [9.17, 15) is 14.4 Å². The molecular formula is C26H18BrCl2NO5S. The third kappa shape index (κ3) is 6.13. The zero-order valence-electron chi connectivity index (χ0n) is 18.8. The molecule has 0 saturated carbocycles. The van der Waals surface area contributed by atoms with Crippen molar-refractivity contribution in [2.75, 3.05) is 6.61 Å². The highest BCUT2D eigenvalue weighted by Gasteiger charge is 2.35. The number of benzene rings is 3. The van der Waals surface area contributed by atoms with E-state index >= 15 is 0 Å². The molecule has 1 aliphatic heterocycles. The fraction of sp³-hybridized carbons (Fsp3) is 0.115. The lowest BCUT2D eigenvalue weighted by Gasteiger charge is -2.14. The Bertz CT molecular complexity index is 1360. The molecule has 2 amide bonds. The van der Waals surface area contributed by atoms with Crippen LogP contribution in [-0.2, 0) is 11.3 Å². The fourth-order valence-electron chi connectivity index (χ4n) is 3.33. The van der Waals surface area contributed by atoms with Crippen molar-refractivity contribution in [2.24, 2.45) is 0 Å². The first-order valence-electron chi connectivity index (χ1n) is 10.7. The van der Waals surface area contributed by atoms with Crippen LogP contribution >= 0.6 is 50.9 Å². The summed E-state index contributed by atoms with van der Waals surface area (Å²) in [4.78, 5) is 39.5. The highest BCUT2D eigenvalue weighted by Crippen LogP contribution is 2.40. The van der Waals surface area contributed by atoms with Gasteiger partial charge in [-0.15, -0.1) is 0 Å². The number of hydrogen-bond donors (Lipinski definition) is 0. The normalized spacial score (nSPS) is 14.4. The zero-order valence-corrected chi connectivity index (χ0v) is 22.7. The van der Waals surface area contributed by atoms with Gasteiger partial charge in [0, 0.05) is 9.50 Å². The number of ether oxygens (including phenoxy) is 2. The second kappa shape index (κ2) is 11.5. The lowest BCUT2D eigenvalue weighted by atomic mass is 10.1. The van der Waals surface area contributed by atoms with Crippen LogP contribution in [0.5, 0.6) is 11.5 Å². The smallest absolute Gasteiger partial charge is 0.343 e. The van der Waals surface area contributed by atoms with Crippen molar-refractivity contribution >= 4 is 74.1 Å². The molecule has 6 nitrogen and oxygen atoms in total. The molecule has 3 aromatic rings.